The average Bonchev–Trinajstić information content (AvgIpc) is 2.76. The van der Waals surface area contributed by atoms with Crippen LogP contribution < -0.4 is 4.74 Å². The fourth-order valence-corrected chi connectivity index (χ4v) is 3.42. The van der Waals surface area contributed by atoms with Crippen molar-refractivity contribution in [3.05, 3.63) is 29.8 Å². The second-order valence-corrected chi connectivity index (χ2v) is 7.89. The monoisotopic (exact) mass is 420 g/mol. The van der Waals surface area contributed by atoms with Crippen molar-refractivity contribution in [3.63, 3.8) is 0 Å². The number of Topliss-reactive ketones (excluding diaryl/α,β-unsaturated/α-hetero) is 1. The van der Waals surface area contributed by atoms with Crippen LogP contribution in [0, 0.1) is 0 Å². The number of hydrogen-bond acceptors (Lipinski definition) is 5. The molecule has 0 radical (unpaired) electrons. The molecule has 1 atom stereocenters. The summed E-state index contributed by atoms with van der Waals surface area (Å²) in [4.78, 5) is 23.6. The van der Waals surface area contributed by atoms with Crippen LogP contribution in [0.4, 0.5) is 0 Å². The van der Waals surface area contributed by atoms with Gasteiger partial charge in [-0.3, -0.25) is 9.59 Å². The van der Waals surface area contributed by atoms with Gasteiger partial charge in [-0.05, 0) is 24.1 Å². The van der Waals surface area contributed by atoms with E-state index in [2.05, 4.69) is 11.7 Å². The molecule has 0 aliphatic rings. The minimum Gasteiger partial charge on any atom is -0.497 e. The van der Waals surface area contributed by atoms with Crippen molar-refractivity contribution in [1.82, 2.24) is 0 Å². The van der Waals surface area contributed by atoms with Crippen molar-refractivity contribution in [3.8, 4) is 5.75 Å². The molecule has 0 aliphatic heterocycles. The van der Waals surface area contributed by atoms with Crippen molar-refractivity contribution < 1.29 is 23.8 Å². The quantitative estimate of drug-likeness (QED) is 0.165. The van der Waals surface area contributed by atoms with Crippen LogP contribution in [-0.4, -0.2) is 32.1 Å². The SMILES string of the molecule is CCCCCCCCCCC[C@H](CC(=O)CC(=O)OC)OCc1ccc(OC)cc1. The molecule has 0 saturated heterocycles. The Labute approximate surface area is 182 Å². The zero-order chi connectivity index (χ0) is 22.0. The van der Waals surface area contributed by atoms with Gasteiger partial charge in [0.2, 0.25) is 0 Å². The molecule has 170 valence electrons. The molecule has 0 aromatic heterocycles. The minimum atomic E-state index is -0.489. The lowest BCUT2D eigenvalue weighted by Gasteiger charge is -2.17. The van der Waals surface area contributed by atoms with Crippen LogP contribution in [0.2, 0.25) is 0 Å². The Balaban J connectivity index is 2.39. The van der Waals surface area contributed by atoms with Crippen LogP contribution in [0.15, 0.2) is 24.3 Å². The van der Waals surface area contributed by atoms with Gasteiger partial charge in [-0.1, -0.05) is 76.8 Å². The second kappa shape index (κ2) is 16.9. The Kier molecular flexibility index (Phi) is 14.7. The van der Waals surface area contributed by atoms with Crippen LogP contribution in [0.1, 0.15) is 89.5 Å². The Hall–Kier alpha value is -1.88. The third kappa shape index (κ3) is 12.6. The standard InChI is InChI=1S/C25H40O5/c1-4-5-6-7-8-9-10-11-12-13-24(18-22(26)19-25(27)29-3)30-20-21-14-16-23(28-2)17-15-21/h14-17,24H,4-13,18-20H2,1-3H3/t24-/m1/s1. The number of ketones is 1. The molecule has 1 rings (SSSR count). The van der Waals surface area contributed by atoms with E-state index in [4.69, 9.17) is 9.47 Å². The molecule has 0 N–H and O–H groups in total. The summed E-state index contributed by atoms with van der Waals surface area (Å²) in [5.74, 6) is 0.188. The van der Waals surface area contributed by atoms with E-state index in [0.29, 0.717) is 6.61 Å². The highest BCUT2D eigenvalue weighted by Gasteiger charge is 2.17. The topological polar surface area (TPSA) is 61.8 Å². The van der Waals surface area contributed by atoms with Gasteiger partial charge in [0.25, 0.3) is 0 Å². The lowest BCUT2D eigenvalue weighted by molar-refractivity contribution is -0.143. The largest absolute Gasteiger partial charge is 0.497 e. The van der Waals surface area contributed by atoms with Crippen LogP contribution >= 0.6 is 0 Å². The predicted molar refractivity (Wildman–Crippen MR) is 120 cm³/mol. The van der Waals surface area contributed by atoms with Crippen LogP contribution in [-0.2, 0) is 25.7 Å². The predicted octanol–water partition coefficient (Wildman–Crippen LogP) is 6.02. The van der Waals surface area contributed by atoms with E-state index < -0.39 is 5.97 Å². The number of esters is 1. The van der Waals surface area contributed by atoms with E-state index >= 15 is 0 Å². The fourth-order valence-electron chi connectivity index (χ4n) is 3.42. The van der Waals surface area contributed by atoms with Crippen LogP contribution in [0.5, 0.6) is 5.75 Å². The molecule has 1 aromatic rings. The van der Waals surface area contributed by atoms with E-state index in [1.165, 1.54) is 52.1 Å². The summed E-state index contributed by atoms with van der Waals surface area (Å²) in [7, 11) is 2.94. The number of methoxy groups -OCH3 is 2. The van der Waals surface area contributed by atoms with Crippen molar-refractivity contribution >= 4 is 11.8 Å². The molecule has 5 nitrogen and oxygen atoms in total. The fraction of sp³-hybridized carbons (Fsp3) is 0.680. The minimum absolute atomic E-state index is 0.127. The first kappa shape index (κ1) is 26.2. The van der Waals surface area contributed by atoms with Crippen LogP contribution in [0.3, 0.4) is 0 Å². The molecular formula is C25H40O5. The van der Waals surface area contributed by atoms with Gasteiger partial charge in [0, 0.05) is 6.42 Å². The van der Waals surface area contributed by atoms with Gasteiger partial charge in [0.05, 0.1) is 26.9 Å². The summed E-state index contributed by atoms with van der Waals surface area (Å²) in [5.41, 5.74) is 1.04. The number of hydrogen-bond donors (Lipinski definition) is 0. The van der Waals surface area contributed by atoms with Crippen molar-refractivity contribution in [2.75, 3.05) is 14.2 Å². The summed E-state index contributed by atoms with van der Waals surface area (Å²) in [6.07, 6.45) is 12.1. The van der Waals surface area contributed by atoms with Crippen LogP contribution in [0.25, 0.3) is 0 Å². The van der Waals surface area contributed by atoms with Gasteiger partial charge in [-0.2, -0.15) is 0 Å². The van der Waals surface area contributed by atoms with E-state index in [9.17, 15) is 9.59 Å². The summed E-state index contributed by atoms with van der Waals surface area (Å²) < 4.78 is 15.8. The second-order valence-electron chi connectivity index (χ2n) is 7.89. The van der Waals surface area contributed by atoms with Gasteiger partial charge in [-0.15, -0.1) is 0 Å². The molecule has 0 saturated carbocycles. The Morgan fingerprint density at radius 2 is 1.47 bits per heavy atom. The summed E-state index contributed by atoms with van der Waals surface area (Å²) in [6, 6.07) is 7.72. The molecule has 0 heterocycles. The summed E-state index contributed by atoms with van der Waals surface area (Å²) in [6.45, 7) is 2.68. The number of ether oxygens (including phenoxy) is 3. The lowest BCUT2D eigenvalue weighted by atomic mass is 10.0. The van der Waals surface area contributed by atoms with E-state index in [-0.39, 0.29) is 24.7 Å². The van der Waals surface area contributed by atoms with Crippen molar-refractivity contribution in [2.45, 2.75) is 96.7 Å². The molecule has 0 fully saturated rings. The number of rotatable bonds is 18. The molecule has 0 aliphatic carbocycles. The highest BCUT2D eigenvalue weighted by Crippen LogP contribution is 2.18. The normalized spacial score (nSPS) is 11.8. The molecule has 5 heteroatoms. The molecule has 0 unspecified atom stereocenters. The summed E-state index contributed by atoms with van der Waals surface area (Å²) in [5, 5.41) is 0. The molecular weight excluding hydrogens is 380 g/mol. The van der Waals surface area contributed by atoms with Gasteiger partial charge in [0.1, 0.15) is 18.0 Å². The van der Waals surface area contributed by atoms with E-state index in [1.54, 1.807) is 7.11 Å². The Morgan fingerprint density at radius 1 is 0.867 bits per heavy atom. The number of benzene rings is 1. The highest BCUT2D eigenvalue weighted by atomic mass is 16.5. The zero-order valence-electron chi connectivity index (χ0n) is 19.1. The number of unbranched alkanes of at least 4 members (excludes halogenated alkanes) is 8. The highest BCUT2D eigenvalue weighted by molar-refractivity contribution is 5.95. The maximum atomic E-state index is 12.2. The first-order valence-corrected chi connectivity index (χ1v) is 11.4. The molecule has 30 heavy (non-hydrogen) atoms. The third-order valence-electron chi connectivity index (χ3n) is 5.30. The maximum absolute atomic E-state index is 12.2. The van der Waals surface area contributed by atoms with Crippen molar-refractivity contribution in [2.24, 2.45) is 0 Å². The number of carbonyl (C=O) groups excluding carboxylic acids is 2. The van der Waals surface area contributed by atoms with Gasteiger partial charge < -0.3 is 14.2 Å². The average molecular weight is 421 g/mol. The third-order valence-corrected chi connectivity index (χ3v) is 5.30. The summed E-state index contributed by atoms with van der Waals surface area (Å²) >= 11 is 0. The maximum Gasteiger partial charge on any atom is 0.313 e. The smallest absolute Gasteiger partial charge is 0.313 e. The number of carbonyl (C=O) groups is 2. The first-order valence-electron chi connectivity index (χ1n) is 11.4. The van der Waals surface area contributed by atoms with Gasteiger partial charge in [0.15, 0.2) is 0 Å². The first-order chi connectivity index (χ1) is 14.6. The Morgan fingerprint density at radius 3 is 2.03 bits per heavy atom. The molecule has 1 aromatic carbocycles. The van der Waals surface area contributed by atoms with Crippen molar-refractivity contribution in [1.29, 1.82) is 0 Å². The van der Waals surface area contributed by atoms with Gasteiger partial charge in [-0.25, -0.2) is 0 Å². The zero-order valence-corrected chi connectivity index (χ0v) is 19.1. The van der Waals surface area contributed by atoms with Gasteiger partial charge >= 0.3 is 5.97 Å². The molecule has 0 amide bonds. The lowest BCUT2D eigenvalue weighted by Crippen LogP contribution is -2.20. The van der Waals surface area contributed by atoms with E-state index in [0.717, 1.165) is 30.6 Å². The molecule has 0 bridgehead atoms. The molecule has 0 spiro atoms. The Bertz CT molecular complexity index is 582. The van der Waals surface area contributed by atoms with E-state index in [1.807, 2.05) is 24.3 Å².